The quantitative estimate of drug-likeness (QED) is 0.468. The Morgan fingerprint density at radius 1 is 1.27 bits per heavy atom. The van der Waals surface area contributed by atoms with E-state index >= 15 is 0 Å². The van der Waals surface area contributed by atoms with Crippen molar-refractivity contribution in [2.24, 2.45) is 0 Å². The third-order valence-corrected chi connectivity index (χ3v) is 5.09. The van der Waals surface area contributed by atoms with E-state index in [1.54, 1.807) is 0 Å². The molecule has 0 heterocycles. The highest BCUT2D eigenvalue weighted by Crippen LogP contribution is 2.07. The minimum Gasteiger partial charge on any atom is -0.403 e. The van der Waals surface area contributed by atoms with Gasteiger partial charge in [-0.25, -0.2) is 0 Å². The van der Waals surface area contributed by atoms with Gasteiger partial charge >= 0.3 is 0 Å². The summed E-state index contributed by atoms with van der Waals surface area (Å²) in [6, 6.07) is 0. The van der Waals surface area contributed by atoms with Crippen molar-refractivity contribution in [1.29, 1.82) is 0 Å². The maximum absolute atomic E-state index is 5.80. The number of unbranched alkanes of at least 4 members (excludes halogenated alkanes) is 1. The first kappa shape index (κ1) is 11.1. The second kappa shape index (κ2) is 4.90. The van der Waals surface area contributed by atoms with Crippen LogP contribution in [0, 0.1) is 0 Å². The predicted octanol–water partition coefficient (Wildman–Crippen LogP) is 2.07. The Morgan fingerprint density at radius 3 is 2.18 bits per heavy atom. The Morgan fingerprint density at radius 2 is 1.82 bits per heavy atom. The Kier molecular flexibility index (Phi) is 4.96. The van der Waals surface area contributed by atoms with Gasteiger partial charge in [0.1, 0.15) is 0 Å². The molecule has 0 amide bonds. The second-order valence-electron chi connectivity index (χ2n) is 3.54. The molecule has 0 aliphatic carbocycles. The number of rotatable bonds is 5. The molecule has 3 heteroatoms. The summed E-state index contributed by atoms with van der Waals surface area (Å²) in [7, 11) is 2.71. The van der Waals surface area contributed by atoms with Crippen LogP contribution in [0.25, 0.3) is 0 Å². The van der Waals surface area contributed by atoms with Gasteiger partial charge in [0.2, 0.25) is 0 Å². The van der Waals surface area contributed by atoms with Crippen LogP contribution >= 0.6 is 0 Å². The van der Waals surface area contributed by atoms with Crippen LogP contribution in [-0.4, -0.2) is 33.7 Å². The molecule has 0 aromatic heterocycles. The van der Waals surface area contributed by atoms with E-state index in [1.807, 2.05) is 0 Å². The molecular weight excluding hydrogens is 154 g/mol. The molecule has 0 saturated heterocycles. The molecule has 0 unspecified atom stereocenters. The lowest BCUT2D eigenvalue weighted by Gasteiger charge is -2.29. The Hall–Kier alpha value is 0.137. The zero-order chi connectivity index (χ0) is 8.91. The summed E-state index contributed by atoms with van der Waals surface area (Å²) < 4.78 is 8.02. The summed E-state index contributed by atoms with van der Waals surface area (Å²) in [4.78, 5) is 0. The van der Waals surface area contributed by atoms with Crippen molar-refractivity contribution in [3.05, 3.63) is 0 Å². The fourth-order valence-electron chi connectivity index (χ4n) is 0.595. The van der Waals surface area contributed by atoms with Crippen LogP contribution in [0.3, 0.4) is 0 Å². The molecule has 0 aliphatic rings. The van der Waals surface area contributed by atoms with Crippen molar-refractivity contribution in [1.82, 2.24) is 4.57 Å². The fraction of sp³-hybridized carbons (Fsp3) is 1.00. The monoisotopic (exact) mass is 175 g/mol. The maximum atomic E-state index is 5.80. The first-order chi connectivity index (χ1) is 5.00. The van der Waals surface area contributed by atoms with E-state index < -0.39 is 8.48 Å². The van der Waals surface area contributed by atoms with Crippen molar-refractivity contribution < 1.29 is 4.43 Å². The minimum atomic E-state index is -1.48. The maximum Gasteiger partial charge on any atom is 0.264 e. The summed E-state index contributed by atoms with van der Waals surface area (Å²) in [5, 5.41) is 0. The van der Waals surface area contributed by atoms with E-state index in [-0.39, 0.29) is 0 Å². The third kappa shape index (κ3) is 4.56. The zero-order valence-electron chi connectivity index (χ0n) is 8.48. The molecular formula is C8H21NOSi. The van der Waals surface area contributed by atoms with Crippen LogP contribution in [0.4, 0.5) is 0 Å². The standard InChI is InChI=1S/C8H21NOSi/c1-6-7-8-10-11(4,5)9(2)3/h6-8H2,1-5H3. The van der Waals surface area contributed by atoms with E-state index in [1.165, 1.54) is 12.8 Å². The van der Waals surface area contributed by atoms with Gasteiger partial charge in [0.05, 0.1) is 0 Å². The molecule has 0 saturated carbocycles. The molecule has 0 rings (SSSR count). The van der Waals surface area contributed by atoms with Crippen LogP contribution in [0.5, 0.6) is 0 Å². The summed E-state index contributed by atoms with van der Waals surface area (Å²) >= 11 is 0. The van der Waals surface area contributed by atoms with Gasteiger partial charge in [-0.1, -0.05) is 13.3 Å². The molecule has 0 aromatic carbocycles. The molecule has 0 fully saturated rings. The second-order valence-corrected chi connectivity index (χ2v) is 7.62. The van der Waals surface area contributed by atoms with Gasteiger partial charge in [0, 0.05) is 6.61 Å². The first-order valence-electron chi connectivity index (χ1n) is 4.32. The van der Waals surface area contributed by atoms with E-state index in [4.69, 9.17) is 4.43 Å². The molecule has 0 atom stereocenters. The molecule has 0 aromatic rings. The largest absolute Gasteiger partial charge is 0.403 e. The van der Waals surface area contributed by atoms with Crippen LogP contribution in [0.2, 0.25) is 13.1 Å². The summed E-state index contributed by atoms with van der Waals surface area (Å²) in [5.74, 6) is 0. The highest BCUT2D eigenvalue weighted by atomic mass is 28.4. The van der Waals surface area contributed by atoms with Crippen molar-refractivity contribution in [3.8, 4) is 0 Å². The van der Waals surface area contributed by atoms with E-state index in [9.17, 15) is 0 Å². The van der Waals surface area contributed by atoms with E-state index in [0.717, 1.165) is 6.61 Å². The summed E-state index contributed by atoms with van der Waals surface area (Å²) in [6.45, 7) is 7.56. The molecule has 0 aliphatic heterocycles. The molecule has 68 valence electrons. The predicted molar refractivity (Wildman–Crippen MR) is 52.0 cm³/mol. The molecule has 0 spiro atoms. The molecule has 2 nitrogen and oxygen atoms in total. The zero-order valence-corrected chi connectivity index (χ0v) is 9.48. The Labute approximate surface area is 71.8 Å². The van der Waals surface area contributed by atoms with Gasteiger partial charge < -0.3 is 8.99 Å². The van der Waals surface area contributed by atoms with Gasteiger partial charge in [-0.2, -0.15) is 0 Å². The van der Waals surface area contributed by atoms with Crippen LogP contribution < -0.4 is 0 Å². The average Bonchev–Trinajstić information content (AvgIpc) is 1.88. The van der Waals surface area contributed by atoms with Crippen molar-refractivity contribution >= 4 is 8.48 Å². The van der Waals surface area contributed by atoms with E-state index in [0.29, 0.717) is 0 Å². The number of nitrogens with zero attached hydrogens (tertiary/aromatic N) is 1. The highest BCUT2D eigenvalue weighted by molar-refractivity contribution is 6.68. The van der Waals surface area contributed by atoms with Gasteiger partial charge in [-0.05, 0) is 33.6 Å². The Balaban J connectivity index is 3.55. The summed E-state index contributed by atoms with van der Waals surface area (Å²) in [6.07, 6.45) is 2.40. The van der Waals surface area contributed by atoms with Crippen LogP contribution in [0.15, 0.2) is 0 Å². The molecule has 0 bridgehead atoms. The van der Waals surface area contributed by atoms with Crippen molar-refractivity contribution in [2.75, 3.05) is 20.7 Å². The lowest BCUT2D eigenvalue weighted by molar-refractivity contribution is 0.263. The van der Waals surface area contributed by atoms with E-state index in [2.05, 4.69) is 38.7 Å². The normalized spacial score (nSPS) is 12.5. The van der Waals surface area contributed by atoms with Crippen molar-refractivity contribution in [3.63, 3.8) is 0 Å². The number of hydrogen-bond acceptors (Lipinski definition) is 2. The number of hydrogen-bond donors (Lipinski definition) is 0. The van der Waals surface area contributed by atoms with Crippen LogP contribution in [-0.2, 0) is 4.43 Å². The molecule has 0 radical (unpaired) electrons. The smallest absolute Gasteiger partial charge is 0.264 e. The van der Waals surface area contributed by atoms with Gasteiger partial charge in [-0.15, -0.1) is 0 Å². The average molecular weight is 175 g/mol. The molecule has 0 N–H and O–H groups in total. The third-order valence-electron chi connectivity index (χ3n) is 2.03. The van der Waals surface area contributed by atoms with Gasteiger partial charge in [-0.3, -0.25) is 0 Å². The van der Waals surface area contributed by atoms with Gasteiger partial charge in [0.25, 0.3) is 8.48 Å². The highest BCUT2D eigenvalue weighted by Gasteiger charge is 2.24. The fourth-order valence-corrected chi connectivity index (χ4v) is 1.50. The lowest BCUT2D eigenvalue weighted by atomic mass is 10.4. The van der Waals surface area contributed by atoms with Crippen molar-refractivity contribution in [2.45, 2.75) is 32.9 Å². The molecule has 11 heavy (non-hydrogen) atoms. The summed E-state index contributed by atoms with van der Waals surface area (Å²) in [5.41, 5.74) is 0. The lowest BCUT2D eigenvalue weighted by Crippen LogP contribution is -2.46. The van der Waals surface area contributed by atoms with Gasteiger partial charge in [0.15, 0.2) is 0 Å². The Bertz CT molecular complexity index is 104. The SMILES string of the molecule is CCCCO[Si](C)(C)N(C)C. The van der Waals surface area contributed by atoms with Crippen LogP contribution in [0.1, 0.15) is 19.8 Å². The minimum absolute atomic E-state index is 0.925. The topological polar surface area (TPSA) is 12.5 Å². The first-order valence-corrected chi connectivity index (χ1v) is 7.17.